The molecule has 0 spiro atoms. The normalized spacial score (nSPS) is 11.2. The molecule has 0 aliphatic carbocycles. The minimum absolute atomic E-state index is 0.279. The second kappa shape index (κ2) is 3.38. The van der Waals surface area contributed by atoms with Crippen molar-refractivity contribution in [3.8, 4) is 0 Å². The molecule has 3 nitrogen and oxygen atoms in total. The molecule has 0 aliphatic rings. The van der Waals surface area contributed by atoms with E-state index in [-0.39, 0.29) is 5.82 Å². The van der Waals surface area contributed by atoms with Crippen LogP contribution in [0.4, 0.5) is 4.39 Å². The summed E-state index contributed by atoms with van der Waals surface area (Å²) in [5, 5.41) is 1.23. The second-order valence-electron chi connectivity index (χ2n) is 3.91. The summed E-state index contributed by atoms with van der Waals surface area (Å²) >= 11 is 0. The lowest BCUT2D eigenvalue weighted by Gasteiger charge is -2.01. The highest BCUT2D eigenvalue weighted by molar-refractivity contribution is 5.95. The molecule has 0 amide bonds. The number of halogens is 1. The van der Waals surface area contributed by atoms with E-state index >= 15 is 0 Å². The maximum atomic E-state index is 13.6. The number of pyridine rings is 1. The molecule has 0 aliphatic heterocycles. The molecule has 0 saturated carbocycles. The Morgan fingerprint density at radius 2 is 2.12 bits per heavy atom. The first kappa shape index (κ1) is 9.96. The molecule has 0 saturated heterocycles. The van der Waals surface area contributed by atoms with Gasteiger partial charge in [0.15, 0.2) is 6.29 Å². The minimum atomic E-state index is -0.279. The van der Waals surface area contributed by atoms with Crippen molar-refractivity contribution in [2.45, 2.75) is 6.92 Å². The van der Waals surface area contributed by atoms with Gasteiger partial charge in [-0.15, -0.1) is 0 Å². The van der Waals surface area contributed by atoms with Crippen LogP contribution < -0.4 is 0 Å². The number of hydrogen-bond donors (Lipinski definition) is 0. The van der Waals surface area contributed by atoms with Crippen LogP contribution in [0.5, 0.6) is 0 Å². The lowest BCUT2D eigenvalue weighted by atomic mass is 10.1. The number of benzene rings is 1. The summed E-state index contributed by atoms with van der Waals surface area (Å²) in [6, 6.07) is 6.51. The summed E-state index contributed by atoms with van der Waals surface area (Å²) < 4.78 is 15.3. The fourth-order valence-electron chi connectivity index (χ4n) is 2.09. The number of aryl methyl sites for hydroxylation is 1. The average Bonchev–Trinajstić information content (AvgIpc) is 2.65. The predicted molar refractivity (Wildman–Crippen MR) is 62.8 cm³/mol. The van der Waals surface area contributed by atoms with E-state index in [1.807, 2.05) is 0 Å². The lowest BCUT2D eigenvalue weighted by molar-refractivity contribution is 0.111. The summed E-state index contributed by atoms with van der Waals surface area (Å²) in [6.07, 6.45) is 2.44. The fourth-order valence-corrected chi connectivity index (χ4v) is 2.09. The second-order valence-corrected chi connectivity index (χ2v) is 3.91. The Bertz CT molecular complexity index is 746. The Kier molecular flexibility index (Phi) is 1.98. The highest BCUT2D eigenvalue weighted by Gasteiger charge is 2.11. The number of fused-ring (bicyclic) bond motifs is 3. The molecule has 0 N–H and O–H groups in total. The smallest absolute Gasteiger partial charge is 0.168 e. The van der Waals surface area contributed by atoms with Gasteiger partial charge < -0.3 is 0 Å². The van der Waals surface area contributed by atoms with Crippen molar-refractivity contribution in [3.05, 3.63) is 47.7 Å². The molecule has 84 valence electrons. The third-order valence-corrected chi connectivity index (χ3v) is 2.93. The van der Waals surface area contributed by atoms with E-state index in [2.05, 4.69) is 4.98 Å². The molecule has 3 aromatic rings. The quantitative estimate of drug-likeness (QED) is 0.600. The third kappa shape index (κ3) is 1.27. The summed E-state index contributed by atoms with van der Waals surface area (Å²) in [5.41, 5.74) is 1.77. The maximum Gasteiger partial charge on any atom is 0.168 e. The molecule has 0 bridgehead atoms. The number of nitrogens with zero attached hydrogens (tertiary/aromatic N) is 2. The average molecular weight is 228 g/mol. The van der Waals surface area contributed by atoms with Crippen molar-refractivity contribution in [1.29, 1.82) is 0 Å². The molecule has 2 aromatic heterocycles. The SMILES string of the molecule is Cc1nc2c3cccc(F)c3ccn2c1C=O. The van der Waals surface area contributed by atoms with Gasteiger partial charge in [-0.3, -0.25) is 9.20 Å². The molecule has 4 heteroatoms. The molecule has 0 fully saturated rings. The van der Waals surface area contributed by atoms with Gasteiger partial charge in [-0.1, -0.05) is 12.1 Å². The van der Waals surface area contributed by atoms with Crippen LogP contribution in [0.2, 0.25) is 0 Å². The van der Waals surface area contributed by atoms with Gasteiger partial charge in [-0.2, -0.15) is 0 Å². The van der Waals surface area contributed by atoms with Gasteiger partial charge >= 0.3 is 0 Å². The van der Waals surface area contributed by atoms with E-state index in [0.29, 0.717) is 27.8 Å². The molecule has 0 radical (unpaired) electrons. The first-order chi connectivity index (χ1) is 8.22. The van der Waals surface area contributed by atoms with E-state index < -0.39 is 0 Å². The molecule has 17 heavy (non-hydrogen) atoms. The molecular weight excluding hydrogens is 219 g/mol. The van der Waals surface area contributed by atoms with E-state index in [1.54, 1.807) is 35.7 Å². The fraction of sp³-hybridized carbons (Fsp3) is 0.0769. The van der Waals surface area contributed by atoms with Gasteiger partial charge in [-0.05, 0) is 19.1 Å². The largest absolute Gasteiger partial charge is 0.297 e. The number of aldehydes is 1. The molecule has 1 aromatic carbocycles. The van der Waals surface area contributed by atoms with Gasteiger partial charge in [0.1, 0.15) is 17.2 Å². The van der Waals surface area contributed by atoms with Crippen molar-refractivity contribution in [2.24, 2.45) is 0 Å². The summed E-state index contributed by atoms with van der Waals surface area (Å²) in [6.45, 7) is 1.77. The van der Waals surface area contributed by atoms with E-state index in [9.17, 15) is 9.18 Å². The standard InChI is InChI=1S/C13H9FN2O/c1-8-12(7-17)16-6-5-9-10(13(16)15-8)3-2-4-11(9)14/h2-7H,1H3. The highest BCUT2D eigenvalue weighted by Crippen LogP contribution is 2.23. The van der Waals surface area contributed by atoms with Crippen LogP contribution in [0.3, 0.4) is 0 Å². The van der Waals surface area contributed by atoms with Crippen molar-refractivity contribution in [2.75, 3.05) is 0 Å². The Morgan fingerprint density at radius 1 is 1.29 bits per heavy atom. The van der Waals surface area contributed by atoms with E-state index in [0.717, 1.165) is 6.29 Å². The van der Waals surface area contributed by atoms with Crippen LogP contribution >= 0.6 is 0 Å². The number of imidazole rings is 1. The van der Waals surface area contributed by atoms with Crippen LogP contribution in [0, 0.1) is 12.7 Å². The summed E-state index contributed by atoms with van der Waals surface area (Å²) in [4.78, 5) is 15.3. The zero-order chi connectivity index (χ0) is 12.0. The van der Waals surface area contributed by atoms with Crippen molar-refractivity contribution >= 4 is 22.7 Å². The Hall–Kier alpha value is -2.23. The van der Waals surface area contributed by atoms with Crippen LogP contribution in [0.1, 0.15) is 16.2 Å². The van der Waals surface area contributed by atoms with Crippen LogP contribution in [-0.2, 0) is 0 Å². The molecule has 0 atom stereocenters. The molecule has 2 heterocycles. The van der Waals surface area contributed by atoms with Gasteiger partial charge in [0, 0.05) is 17.0 Å². The first-order valence-corrected chi connectivity index (χ1v) is 5.23. The zero-order valence-corrected chi connectivity index (χ0v) is 9.14. The first-order valence-electron chi connectivity index (χ1n) is 5.23. The summed E-state index contributed by atoms with van der Waals surface area (Å²) in [7, 11) is 0. The van der Waals surface area contributed by atoms with Gasteiger partial charge in [-0.25, -0.2) is 9.37 Å². The minimum Gasteiger partial charge on any atom is -0.297 e. The Morgan fingerprint density at radius 3 is 2.88 bits per heavy atom. The molecule has 3 rings (SSSR count). The zero-order valence-electron chi connectivity index (χ0n) is 9.14. The number of carbonyl (C=O) groups excluding carboxylic acids is 1. The van der Waals surface area contributed by atoms with E-state index in [4.69, 9.17) is 0 Å². The predicted octanol–water partition coefficient (Wildman–Crippen LogP) is 2.75. The van der Waals surface area contributed by atoms with Crippen LogP contribution in [0.15, 0.2) is 30.5 Å². The third-order valence-electron chi connectivity index (χ3n) is 2.93. The van der Waals surface area contributed by atoms with Crippen molar-refractivity contribution in [3.63, 3.8) is 0 Å². The number of rotatable bonds is 1. The summed E-state index contributed by atoms with van der Waals surface area (Å²) in [5.74, 6) is -0.279. The van der Waals surface area contributed by atoms with Crippen LogP contribution in [0.25, 0.3) is 16.4 Å². The number of hydrogen-bond acceptors (Lipinski definition) is 2. The highest BCUT2D eigenvalue weighted by atomic mass is 19.1. The Labute approximate surface area is 96.5 Å². The van der Waals surface area contributed by atoms with Gasteiger partial charge in [0.05, 0.1) is 5.69 Å². The van der Waals surface area contributed by atoms with Crippen molar-refractivity contribution < 1.29 is 9.18 Å². The number of carbonyl (C=O) groups is 1. The monoisotopic (exact) mass is 228 g/mol. The van der Waals surface area contributed by atoms with Crippen LogP contribution in [-0.4, -0.2) is 15.7 Å². The molecule has 0 unspecified atom stereocenters. The topological polar surface area (TPSA) is 34.4 Å². The molecular formula is C13H9FN2O. The maximum absolute atomic E-state index is 13.6. The number of aromatic nitrogens is 2. The lowest BCUT2D eigenvalue weighted by Crippen LogP contribution is -1.92. The van der Waals surface area contributed by atoms with E-state index in [1.165, 1.54) is 6.07 Å². The van der Waals surface area contributed by atoms with Crippen molar-refractivity contribution in [1.82, 2.24) is 9.38 Å². The Balaban J connectivity index is 2.57. The van der Waals surface area contributed by atoms with Gasteiger partial charge in [0.25, 0.3) is 0 Å². The van der Waals surface area contributed by atoms with Gasteiger partial charge in [0.2, 0.25) is 0 Å².